The Morgan fingerprint density at radius 1 is 0.307 bits per heavy atom. The van der Waals surface area contributed by atoms with Crippen LogP contribution in [0.3, 0.4) is 0 Å². The first-order chi connectivity index (χ1) is 40.7. The summed E-state index contributed by atoms with van der Waals surface area (Å²) < 4.78 is 14.9. The molecule has 0 aromatic carbocycles. The Hall–Kier alpha value is -8.46. The van der Waals surface area contributed by atoms with E-state index in [1.165, 1.54) is 13.8 Å². The molecule has 34 heteroatoms. The molecule has 34 nitrogen and oxygen atoms in total. The number of hydrogen-bond donors (Lipinski definition) is 21. The summed E-state index contributed by atoms with van der Waals surface area (Å²) in [7, 11) is 0. The van der Waals surface area contributed by atoms with Gasteiger partial charge >= 0.3 is 59.7 Å². The lowest BCUT2D eigenvalue weighted by Crippen LogP contribution is -2.43. The number of carboxylic acids is 10. The van der Waals surface area contributed by atoms with Crippen molar-refractivity contribution in [3.63, 3.8) is 0 Å². The summed E-state index contributed by atoms with van der Waals surface area (Å²) in [6.45, 7) is 33.0. The predicted octanol–water partition coefficient (Wildman–Crippen LogP) is -1.36. The van der Waals surface area contributed by atoms with Crippen molar-refractivity contribution in [3.05, 3.63) is 126 Å². The zero-order valence-corrected chi connectivity index (χ0v) is 49.6. The van der Waals surface area contributed by atoms with E-state index < -0.39 is 116 Å². The van der Waals surface area contributed by atoms with Gasteiger partial charge in [-0.25, -0.2) is 47.9 Å². The topological polar surface area (TPSA) is 623 Å². The molecule has 0 aliphatic carbocycles. The predicted molar refractivity (Wildman–Crippen MR) is 316 cm³/mol. The maximum atomic E-state index is 9.60. The molecular formula is C54H94O34. The zero-order valence-electron chi connectivity index (χ0n) is 49.6. The van der Waals surface area contributed by atoms with Gasteiger partial charge in [0.05, 0.1) is 123 Å². The second-order valence-corrected chi connectivity index (χ2v) is 15.0. The van der Waals surface area contributed by atoms with Crippen LogP contribution in [-0.4, -0.2) is 279 Å². The molecule has 514 valence electrons. The molecule has 0 amide bonds. The highest BCUT2D eigenvalue weighted by molar-refractivity contribution is 5.85. The molecule has 0 saturated carbocycles. The number of rotatable bonds is 31. The largest absolute Gasteiger partial charge is 0.478 e. The summed E-state index contributed by atoms with van der Waals surface area (Å²) in [5.41, 5.74) is -2.64. The molecule has 0 aromatic heterocycles. The first kappa shape index (κ1) is 111. The van der Waals surface area contributed by atoms with E-state index >= 15 is 0 Å². The van der Waals surface area contributed by atoms with Gasteiger partial charge in [-0.1, -0.05) is 72.7 Å². The minimum Gasteiger partial charge on any atom is -0.478 e. The fraction of sp³-hybridized carbons (Fsp3) is 0.444. The fourth-order valence-corrected chi connectivity index (χ4v) is 1.99. The zero-order chi connectivity index (χ0) is 72.9. The molecule has 0 spiro atoms. The summed E-state index contributed by atoms with van der Waals surface area (Å²) in [6.07, 6.45) is 7.26. The number of ether oxygens (including phenoxy) is 3. The lowest BCUT2D eigenvalue weighted by molar-refractivity contribution is -0.133. The van der Waals surface area contributed by atoms with Crippen LogP contribution in [0.25, 0.3) is 0 Å². The monoisotopic (exact) mass is 1290 g/mol. The third kappa shape index (κ3) is 124. The second kappa shape index (κ2) is 85.0. The Kier molecular flexibility index (Phi) is 107. The quantitative estimate of drug-likeness (QED) is 0.0282. The van der Waals surface area contributed by atoms with Gasteiger partial charge < -0.3 is 121 Å². The van der Waals surface area contributed by atoms with E-state index in [1.807, 2.05) is 6.92 Å². The van der Waals surface area contributed by atoms with E-state index in [0.29, 0.717) is 32.8 Å². The van der Waals surface area contributed by atoms with E-state index in [-0.39, 0.29) is 57.4 Å². The van der Waals surface area contributed by atoms with E-state index in [0.717, 1.165) is 48.6 Å². The second-order valence-electron chi connectivity index (χ2n) is 15.0. The average molecular weight is 1290 g/mol. The highest BCUT2D eigenvalue weighted by Gasteiger charge is 2.33. The van der Waals surface area contributed by atoms with Crippen molar-refractivity contribution in [1.29, 1.82) is 0 Å². The number of hydrogen-bond acceptors (Lipinski definition) is 24. The molecular weight excluding hydrogens is 1190 g/mol. The number of aliphatic hydroxyl groups is 11. The van der Waals surface area contributed by atoms with Gasteiger partial charge in [-0.15, -0.1) is 0 Å². The maximum absolute atomic E-state index is 9.60. The summed E-state index contributed by atoms with van der Waals surface area (Å²) in [6, 6.07) is 0. The van der Waals surface area contributed by atoms with Crippen LogP contribution in [0.2, 0.25) is 0 Å². The summed E-state index contributed by atoms with van der Waals surface area (Å²) in [5, 5.41) is 173. The van der Waals surface area contributed by atoms with Gasteiger partial charge in [-0.2, -0.15) is 0 Å². The van der Waals surface area contributed by atoms with Crippen molar-refractivity contribution < 1.29 is 169 Å². The molecule has 0 aliphatic rings. The minimum atomic E-state index is -1.16. The van der Waals surface area contributed by atoms with Crippen molar-refractivity contribution in [2.75, 3.05) is 112 Å². The highest BCUT2D eigenvalue weighted by Crippen LogP contribution is 2.20. The molecule has 0 fully saturated rings. The Morgan fingerprint density at radius 2 is 0.443 bits per heavy atom. The minimum absolute atomic E-state index is 0.0417. The van der Waals surface area contributed by atoms with Crippen molar-refractivity contribution in [2.45, 2.75) is 27.2 Å². The third-order valence-corrected chi connectivity index (χ3v) is 7.56. The van der Waals surface area contributed by atoms with Gasteiger partial charge in [-0.3, -0.25) is 0 Å². The molecule has 0 unspecified atom stereocenters. The molecule has 0 aliphatic heterocycles. The van der Waals surface area contributed by atoms with E-state index in [4.69, 9.17) is 121 Å². The Balaban J connectivity index is -0.0000000647. The van der Waals surface area contributed by atoms with Crippen LogP contribution in [0.15, 0.2) is 126 Å². The number of aliphatic hydroxyl groups excluding tert-OH is 11. The lowest BCUT2D eigenvalue weighted by Gasteiger charge is -2.31. The molecule has 0 atom stereocenters. The number of aliphatic carboxylic acids is 10. The molecule has 0 bridgehead atoms. The first-order valence-corrected chi connectivity index (χ1v) is 23.7. The number of carboxylic acid groups (broad SMARTS) is 10. The standard InChI is InChI=1S/C10H22O7.C6H14O4.C6H14O3.2C4H6O2.8C3H4O2/c11-1-9(2-12,3-13)7-17-8-10(4-14,5-15)6-16;7-1-3-9-5-6-10-4-2-8;1-2-6(3-7,4-8)5-9;2*1-3(2)4(5)6;8*1-2-3(4)5/h11-16H,1-8H2;7-8H,1-6H2;7-9H,2-5H2,1H3;2*1H2,2H3,(H,5,6);8*2H,1H2,(H,4,5). The van der Waals surface area contributed by atoms with Crippen LogP contribution in [0.5, 0.6) is 0 Å². The normalized spacial score (nSPS) is 8.84. The first-order valence-electron chi connectivity index (χ1n) is 23.7. The van der Waals surface area contributed by atoms with Crippen LogP contribution in [0, 0.1) is 16.2 Å². The molecule has 0 radical (unpaired) electrons. The van der Waals surface area contributed by atoms with Gasteiger partial charge in [0.1, 0.15) is 0 Å². The average Bonchev–Trinajstić information content (AvgIpc) is 3.50. The van der Waals surface area contributed by atoms with Crippen molar-refractivity contribution >= 4 is 59.7 Å². The van der Waals surface area contributed by atoms with Gasteiger partial charge in [0, 0.05) is 65.2 Å². The molecule has 0 rings (SSSR count). The van der Waals surface area contributed by atoms with Crippen molar-refractivity contribution in [2.24, 2.45) is 16.2 Å². The SMILES string of the molecule is C=C(C)C(=O)O.C=C(C)C(=O)O.C=CC(=O)O.C=CC(=O)O.C=CC(=O)O.C=CC(=O)O.C=CC(=O)O.C=CC(=O)O.C=CC(=O)O.C=CC(=O)O.CCC(CO)(CO)CO.OCC(CO)(CO)COCC(CO)(CO)CO.OCCOCCOCCO. The van der Waals surface area contributed by atoms with Crippen LogP contribution < -0.4 is 0 Å². The van der Waals surface area contributed by atoms with Crippen LogP contribution in [0.1, 0.15) is 27.2 Å². The Bertz CT molecular complexity index is 1590. The Labute approximate surface area is 509 Å². The smallest absolute Gasteiger partial charge is 0.330 e. The van der Waals surface area contributed by atoms with Crippen molar-refractivity contribution in [1.82, 2.24) is 0 Å². The molecule has 0 saturated heterocycles. The van der Waals surface area contributed by atoms with Gasteiger partial charge in [0.2, 0.25) is 0 Å². The van der Waals surface area contributed by atoms with E-state index in [9.17, 15) is 47.9 Å². The third-order valence-electron chi connectivity index (χ3n) is 7.56. The molecule has 88 heavy (non-hydrogen) atoms. The highest BCUT2D eigenvalue weighted by atomic mass is 16.5. The van der Waals surface area contributed by atoms with Gasteiger partial charge in [-0.05, 0) is 20.3 Å². The van der Waals surface area contributed by atoms with Crippen LogP contribution >= 0.6 is 0 Å². The van der Waals surface area contributed by atoms with Crippen LogP contribution in [0.4, 0.5) is 0 Å². The summed E-state index contributed by atoms with van der Waals surface area (Å²) in [4.78, 5) is 93.2. The summed E-state index contributed by atoms with van der Waals surface area (Å²) >= 11 is 0. The fourth-order valence-electron chi connectivity index (χ4n) is 1.99. The Morgan fingerprint density at radius 3 is 0.511 bits per heavy atom. The maximum Gasteiger partial charge on any atom is 0.330 e. The van der Waals surface area contributed by atoms with E-state index in [2.05, 4.69) is 65.8 Å². The van der Waals surface area contributed by atoms with Crippen LogP contribution in [-0.2, 0) is 62.2 Å². The molecule has 21 N–H and O–H groups in total. The summed E-state index contributed by atoms with van der Waals surface area (Å²) in [5.74, 6) is -9.72. The van der Waals surface area contributed by atoms with Gasteiger partial charge in [0.15, 0.2) is 0 Å². The van der Waals surface area contributed by atoms with E-state index in [1.54, 1.807) is 0 Å². The molecule has 0 heterocycles. The number of carbonyl (C=O) groups is 10. The lowest BCUT2D eigenvalue weighted by atomic mass is 9.88. The molecule has 0 aromatic rings. The van der Waals surface area contributed by atoms with Crippen molar-refractivity contribution in [3.8, 4) is 0 Å². The van der Waals surface area contributed by atoms with Gasteiger partial charge in [0.25, 0.3) is 0 Å².